The fourth-order valence-electron chi connectivity index (χ4n) is 4.36. The number of hydrogen-bond donors (Lipinski definition) is 1. The van der Waals surface area contributed by atoms with Crippen LogP contribution in [0.15, 0.2) is 117 Å². The van der Waals surface area contributed by atoms with Crippen molar-refractivity contribution in [3.05, 3.63) is 134 Å². The van der Waals surface area contributed by atoms with Gasteiger partial charge in [0.1, 0.15) is 19.0 Å². The highest BCUT2D eigenvalue weighted by molar-refractivity contribution is 9.11. The van der Waals surface area contributed by atoms with E-state index in [1.807, 2.05) is 104 Å². The third-order valence-electron chi connectivity index (χ3n) is 6.36. The molecule has 5 rings (SSSR count). The average molecular weight is 688 g/mol. The van der Waals surface area contributed by atoms with Crippen LogP contribution in [0.4, 0.5) is 0 Å². The van der Waals surface area contributed by atoms with Crippen LogP contribution >= 0.6 is 31.9 Å². The van der Waals surface area contributed by atoms with Crippen molar-refractivity contribution in [2.24, 2.45) is 5.10 Å². The number of benzene rings is 5. The molecule has 0 atom stereocenters. The van der Waals surface area contributed by atoms with Gasteiger partial charge in [-0.2, -0.15) is 5.10 Å². The quantitative estimate of drug-likeness (QED) is 0.111. The summed E-state index contributed by atoms with van der Waals surface area (Å²) in [4.78, 5) is 12.8. The SMILES string of the molecule is CCOc1cc(COc2c(Br)cc(/C=N/NC(=O)c3cccc4ccccc34)cc2Br)ccc1OCc1ccccc1. The monoisotopic (exact) mass is 686 g/mol. The minimum absolute atomic E-state index is 0.274. The van der Waals surface area contributed by atoms with Crippen LogP contribution < -0.4 is 19.6 Å². The Balaban J connectivity index is 1.22. The van der Waals surface area contributed by atoms with Crippen molar-refractivity contribution in [2.75, 3.05) is 6.61 Å². The smallest absolute Gasteiger partial charge is 0.271 e. The molecule has 5 aromatic carbocycles. The lowest BCUT2D eigenvalue weighted by atomic mass is 10.0. The number of halogens is 2. The van der Waals surface area contributed by atoms with E-state index < -0.39 is 0 Å². The zero-order valence-electron chi connectivity index (χ0n) is 22.8. The van der Waals surface area contributed by atoms with Gasteiger partial charge in [-0.3, -0.25) is 4.79 Å². The van der Waals surface area contributed by atoms with E-state index in [1.54, 1.807) is 12.3 Å². The van der Waals surface area contributed by atoms with Crippen LogP contribution in [0, 0.1) is 0 Å². The number of hydrazone groups is 1. The Morgan fingerprint density at radius 1 is 0.762 bits per heavy atom. The predicted molar refractivity (Wildman–Crippen MR) is 174 cm³/mol. The number of carbonyl (C=O) groups is 1. The molecule has 0 aromatic heterocycles. The van der Waals surface area contributed by atoms with E-state index in [0.29, 0.717) is 42.6 Å². The van der Waals surface area contributed by atoms with Gasteiger partial charge in [0, 0.05) is 5.56 Å². The van der Waals surface area contributed by atoms with E-state index in [4.69, 9.17) is 14.2 Å². The van der Waals surface area contributed by atoms with Gasteiger partial charge in [-0.25, -0.2) is 5.43 Å². The first-order valence-corrected chi connectivity index (χ1v) is 15.0. The molecule has 5 aromatic rings. The van der Waals surface area contributed by atoms with Crippen molar-refractivity contribution in [1.29, 1.82) is 0 Å². The summed E-state index contributed by atoms with van der Waals surface area (Å²) in [6, 6.07) is 32.9. The number of nitrogens with zero attached hydrogens (tertiary/aromatic N) is 1. The van der Waals surface area contributed by atoms with Crippen LogP contribution in [0.1, 0.15) is 34.0 Å². The number of carbonyl (C=O) groups excluding carboxylic acids is 1. The van der Waals surface area contributed by atoms with Crippen molar-refractivity contribution >= 4 is 54.8 Å². The van der Waals surface area contributed by atoms with Gasteiger partial charge in [0.25, 0.3) is 5.91 Å². The number of hydrogen-bond acceptors (Lipinski definition) is 5. The van der Waals surface area contributed by atoms with E-state index in [0.717, 1.165) is 36.4 Å². The van der Waals surface area contributed by atoms with Crippen molar-refractivity contribution in [3.63, 3.8) is 0 Å². The summed E-state index contributed by atoms with van der Waals surface area (Å²) in [6.45, 7) is 3.25. The maximum Gasteiger partial charge on any atom is 0.271 e. The molecule has 1 amide bonds. The van der Waals surface area contributed by atoms with E-state index in [9.17, 15) is 4.79 Å². The van der Waals surface area contributed by atoms with Gasteiger partial charge in [0.2, 0.25) is 0 Å². The van der Waals surface area contributed by atoms with Crippen LogP contribution in [0.5, 0.6) is 17.2 Å². The number of amides is 1. The summed E-state index contributed by atoms with van der Waals surface area (Å²) in [5.74, 6) is 1.73. The highest BCUT2D eigenvalue weighted by atomic mass is 79.9. The maximum atomic E-state index is 12.8. The summed E-state index contributed by atoms with van der Waals surface area (Å²) in [6.07, 6.45) is 1.59. The molecule has 0 aliphatic carbocycles. The van der Waals surface area contributed by atoms with E-state index in [2.05, 4.69) is 42.4 Å². The second kappa shape index (κ2) is 14.2. The molecule has 6 nitrogen and oxygen atoms in total. The molecule has 0 heterocycles. The molecule has 212 valence electrons. The summed E-state index contributed by atoms with van der Waals surface area (Å²) >= 11 is 7.20. The Labute approximate surface area is 261 Å². The predicted octanol–water partition coefficient (Wildman–Crippen LogP) is 8.69. The van der Waals surface area contributed by atoms with Crippen LogP contribution in [0.2, 0.25) is 0 Å². The molecule has 8 heteroatoms. The zero-order chi connectivity index (χ0) is 29.3. The van der Waals surface area contributed by atoms with Gasteiger partial charge in [-0.05, 0) is 96.6 Å². The molecule has 0 saturated heterocycles. The van der Waals surface area contributed by atoms with Crippen molar-refractivity contribution in [3.8, 4) is 17.2 Å². The van der Waals surface area contributed by atoms with Crippen LogP contribution in [-0.4, -0.2) is 18.7 Å². The van der Waals surface area contributed by atoms with Crippen LogP contribution in [0.3, 0.4) is 0 Å². The summed E-state index contributed by atoms with van der Waals surface area (Å²) < 4.78 is 19.5. The minimum Gasteiger partial charge on any atom is -0.490 e. The molecule has 0 spiro atoms. The number of rotatable bonds is 11. The lowest BCUT2D eigenvalue weighted by Crippen LogP contribution is -2.17. The largest absolute Gasteiger partial charge is 0.490 e. The summed E-state index contributed by atoms with van der Waals surface area (Å²) in [5.41, 5.74) is 5.99. The topological polar surface area (TPSA) is 69.2 Å². The molecule has 0 radical (unpaired) electrons. The highest BCUT2D eigenvalue weighted by Crippen LogP contribution is 2.36. The van der Waals surface area contributed by atoms with E-state index >= 15 is 0 Å². The molecule has 1 N–H and O–H groups in total. The molecular formula is C34H28Br2N2O4. The maximum absolute atomic E-state index is 12.8. The molecule has 0 unspecified atom stereocenters. The number of fused-ring (bicyclic) bond motifs is 1. The highest BCUT2D eigenvalue weighted by Gasteiger charge is 2.12. The molecule has 0 bridgehead atoms. The van der Waals surface area contributed by atoms with Gasteiger partial charge in [-0.15, -0.1) is 0 Å². The summed E-state index contributed by atoms with van der Waals surface area (Å²) in [5, 5.41) is 6.04. The Morgan fingerprint density at radius 3 is 2.26 bits per heavy atom. The second-order valence-electron chi connectivity index (χ2n) is 9.32. The Morgan fingerprint density at radius 2 is 1.48 bits per heavy atom. The molecule has 0 fully saturated rings. The van der Waals surface area contributed by atoms with Gasteiger partial charge < -0.3 is 14.2 Å². The Kier molecular flexibility index (Phi) is 9.90. The third-order valence-corrected chi connectivity index (χ3v) is 7.54. The van der Waals surface area contributed by atoms with Gasteiger partial charge in [0.05, 0.1) is 21.8 Å². The molecule has 0 saturated carbocycles. The minimum atomic E-state index is -0.274. The third kappa shape index (κ3) is 7.38. The lowest BCUT2D eigenvalue weighted by Gasteiger charge is -2.15. The van der Waals surface area contributed by atoms with Gasteiger partial charge in [0.15, 0.2) is 11.5 Å². The van der Waals surface area contributed by atoms with Crippen molar-refractivity contribution in [2.45, 2.75) is 20.1 Å². The second-order valence-corrected chi connectivity index (χ2v) is 11.0. The molecule has 42 heavy (non-hydrogen) atoms. The van der Waals surface area contributed by atoms with Gasteiger partial charge >= 0.3 is 0 Å². The Hall–Kier alpha value is -4.14. The van der Waals surface area contributed by atoms with E-state index in [1.165, 1.54) is 0 Å². The van der Waals surface area contributed by atoms with E-state index in [-0.39, 0.29) is 5.91 Å². The molecular weight excluding hydrogens is 660 g/mol. The fourth-order valence-corrected chi connectivity index (χ4v) is 5.81. The van der Waals surface area contributed by atoms with Gasteiger partial charge in [-0.1, -0.05) is 72.8 Å². The number of nitrogens with one attached hydrogen (secondary N) is 1. The first-order valence-electron chi connectivity index (χ1n) is 13.4. The van der Waals surface area contributed by atoms with Crippen LogP contribution in [0.25, 0.3) is 10.8 Å². The fraction of sp³-hybridized carbons (Fsp3) is 0.118. The zero-order valence-corrected chi connectivity index (χ0v) is 26.0. The van der Waals surface area contributed by atoms with Crippen molar-refractivity contribution < 1.29 is 19.0 Å². The van der Waals surface area contributed by atoms with Crippen LogP contribution in [-0.2, 0) is 13.2 Å². The molecule has 0 aliphatic heterocycles. The normalized spacial score (nSPS) is 11.0. The summed E-state index contributed by atoms with van der Waals surface area (Å²) in [7, 11) is 0. The lowest BCUT2D eigenvalue weighted by molar-refractivity contribution is 0.0957. The average Bonchev–Trinajstić information content (AvgIpc) is 3.00. The standard InChI is InChI=1S/C34H28Br2N2O4/c1-2-40-32-19-24(15-16-31(32)41-21-23-9-4-3-5-10-23)22-42-33-29(35)17-25(18-30(33)36)20-37-38-34(39)28-14-8-12-26-11-6-7-13-27(26)28/h3-20H,2,21-22H2,1H3,(H,38,39)/b37-20+. The first-order chi connectivity index (χ1) is 20.5. The molecule has 0 aliphatic rings. The first kappa shape index (κ1) is 29.4. The Bertz CT molecular complexity index is 1700. The van der Waals surface area contributed by atoms with Crippen molar-refractivity contribution in [1.82, 2.24) is 5.43 Å². The number of ether oxygens (including phenoxy) is 3.